The van der Waals surface area contributed by atoms with Crippen LogP contribution < -0.4 is 5.32 Å². The molecule has 0 saturated heterocycles. The third kappa shape index (κ3) is 3.52. The first-order valence-corrected chi connectivity index (χ1v) is 9.89. The molecule has 0 radical (unpaired) electrons. The largest absolute Gasteiger partial charge is 0.324 e. The molecule has 4 nitrogen and oxygen atoms in total. The molecule has 0 fully saturated rings. The van der Waals surface area contributed by atoms with E-state index in [1.807, 2.05) is 23.6 Å². The number of halogens is 2. The first kappa shape index (κ1) is 17.9. The third-order valence-electron chi connectivity index (χ3n) is 4.35. The number of carbonyl (C=O) groups is 2. The molecule has 3 aromatic rings. The highest BCUT2D eigenvalue weighted by Gasteiger charge is 2.34. The molecule has 136 valence electrons. The van der Waals surface area contributed by atoms with E-state index in [0.29, 0.717) is 16.8 Å². The predicted octanol–water partition coefficient (Wildman–Crippen LogP) is 4.83. The Labute approximate surface area is 167 Å². The van der Waals surface area contributed by atoms with Gasteiger partial charge in [-0.25, -0.2) is 4.39 Å². The summed E-state index contributed by atoms with van der Waals surface area (Å²) in [5.74, 6) is -1.02. The van der Waals surface area contributed by atoms with Crippen molar-refractivity contribution in [2.75, 3.05) is 11.9 Å². The van der Waals surface area contributed by atoms with Crippen LogP contribution in [0.15, 0.2) is 64.5 Å². The van der Waals surface area contributed by atoms with Gasteiger partial charge in [-0.2, -0.15) is 0 Å². The third-order valence-corrected chi connectivity index (χ3v) is 5.77. The fourth-order valence-electron chi connectivity index (χ4n) is 3.21. The number of benzene rings is 2. The molecule has 7 heteroatoms. The van der Waals surface area contributed by atoms with Gasteiger partial charge < -0.3 is 10.2 Å². The highest BCUT2D eigenvalue weighted by molar-refractivity contribution is 9.10. The second kappa shape index (κ2) is 7.25. The lowest BCUT2D eigenvalue weighted by Gasteiger charge is -2.29. The van der Waals surface area contributed by atoms with Gasteiger partial charge in [0.25, 0.3) is 5.91 Å². The number of fused-ring (bicyclic) bond motifs is 1. The molecule has 0 aliphatic carbocycles. The monoisotopic (exact) mass is 444 g/mol. The summed E-state index contributed by atoms with van der Waals surface area (Å²) in [4.78, 5) is 28.1. The minimum Gasteiger partial charge on any atom is -0.324 e. The maximum absolute atomic E-state index is 14.0. The lowest BCUT2D eigenvalue weighted by molar-refractivity contribution is -0.117. The van der Waals surface area contributed by atoms with Gasteiger partial charge in [0, 0.05) is 26.2 Å². The summed E-state index contributed by atoms with van der Waals surface area (Å²) in [5, 5.41) is 4.68. The molecule has 1 aliphatic heterocycles. The SMILES string of the molecule is O=C1CN(C(=O)c2cccc(Br)c2)C(c2cccs2)c2cc(F)ccc2N1. The van der Waals surface area contributed by atoms with E-state index >= 15 is 0 Å². The van der Waals surface area contributed by atoms with E-state index in [9.17, 15) is 14.0 Å². The first-order chi connectivity index (χ1) is 13.0. The lowest BCUT2D eigenvalue weighted by Crippen LogP contribution is -2.38. The Morgan fingerprint density at radius 3 is 2.78 bits per heavy atom. The Morgan fingerprint density at radius 1 is 1.19 bits per heavy atom. The van der Waals surface area contributed by atoms with Crippen LogP contribution in [0.25, 0.3) is 0 Å². The number of hydrogen-bond donors (Lipinski definition) is 1. The maximum Gasteiger partial charge on any atom is 0.255 e. The van der Waals surface area contributed by atoms with Crippen molar-refractivity contribution >= 4 is 44.8 Å². The topological polar surface area (TPSA) is 49.4 Å². The van der Waals surface area contributed by atoms with Gasteiger partial charge in [0.15, 0.2) is 0 Å². The number of amides is 2. The normalized spacial score (nSPS) is 16.4. The number of rotatable bonds is 2. The van der Waals surface area contributed by atoms with Crippen LogP contribution >= 0.6 is 27.3 Å². The van der Waals surface area contributed by atoms with Crippen LogP contribution in [0.2, 0.25) is 0 Å². The van der Waals surface area contributed by atoms with Crippen molar-refractivity contribution < 1.29 is 14.0 Å². The average molecular weight is 445 g/mol. The second-order valence-corrected chi connectivity index (χ2v) is 8.04. The van der Waals surface area contributed by atoms with Crippen LogP contribution in [0.5, 0.6) is 0 Å². The van der Waals surface area contributed by atoms with Crippen LogP contribution in [-0.2, 0) is 4.79 Å². The quantitative estimate of drug-likeness (QED) is 0.614. The zero-order valence-electron chi connectivity index (χ0n) is 14.0. The Bertz CT molecular complexity index is 1020. The molecule has 1 unspecified atom stereocenters. The summed E-state index contributed by atoms with van der Waals surface area (Å²) in [6.45, 7) is -0.121. The maximum atomic E-state index is 14.0. The van der Waals surface area contributed by atoms with Crippen molar-refractivity contribution in [1.29, 1.82) is 0 Å². The minimum atomic E-state index is -0.555. The Kier molecular flexibility index (Phi) is 4.80. The highest BCUT2D eigenvalue weighted by atomic mass is 79.9. The molecule has 1 N–H and O–H groups in total. The fourth-order valence-corrected chi connectivity index (χ4v) is 4.46. The fraction of sp³-hybridized carbons (Fsp3) is 0.100. The summed E-state index contributed by atoms with van der Waals surface area (Å²) in [7, 11) is 0. The van der Waals surface area contributed by atoms with Gasteiger partial charge in [-0.05, 0) is 47.8 Å². The zero-order valence-corrected chi connectivity index (χ0v) is 16.4. The molecule has 0 saturated carbocycles. The standard InChI is InChI=1S/C20H14BrFN2O2S/c21-13-4-1-3-12(9-13)20(26)24-11-18(25)23-16-7-6-14(22)10-15(16)19(24)17-5-2-8-27-17/h1-10,19H,11H2,(H,23,25). The van der Waals surface area contributed by atoms with Gasteiger partial charge in [0.05, 0.1) is 6.04 Å². The van der Waals surface area contributed by atoms with E-state index in [2.05, 4.69) is 21.2 Å². The molecule has 1 atom stereocenters. The average Bonchev–Trinajstić information content (AvgIpc) is 3.12. The van der Waals surface area contributed by atoms with Gasteiger partial charge in [-0.15, -0.1) is 11.3 Å². The van der Waals surface area contributed by atoms with Crippen LogP contribution in [0, 0.1) is 5.82 Å². The van der Waals surface area contributed by atoms with E-state index in [4.69, 9.17) is 0 Å². The smallest absolute Gasteiger partial charge is 0.255 e. The molecule has 2 amide bonds. The van der Waals surface area contributed by atoms with Gasteiger partial charge in [-0.3, -0.25) is 9.59 Å². The lowest BCUT2D eigenvalue weighted by atomic mass is 10.0. The van der Waals surface area contributed by atoms with Crippen molar-refractivity contribution in [2.45, 2.75) is 6.04 Å². The van der Waals surface area contributed by atoms with Crippen LogP contribution in [0.1, 0.15) is 26.8 Å². The van der Waals surface area contributed by atoms with Crippen molar-refractivity contribution in [3.63, 3.8) is 0 Å². The van der Waals surface area contributed by atoms with Gasteiger partial charge in [-0.1, -0.05) is 28.1 Å². The molecule has 1 aromatic heterocycles. The molecule has 4 rings (SSSR count). The Balaban J connectivity index is 1.88. The summed E-state index contributed by atoms with van der Waals surface area (Å²) in [6.07, 6.45) is 0. The van der Waals surface area contributed by atoms with Gasteiger partial charge in [0.2, 0.25) is 5.91 Å². The molecular formula is C20H14BrFN2O2S. The van der Waals surface area contributed by atoms with E-state index in [0.717, 1.165) is 9.35 Å². The molecule has 0 spiro atoms. The minimum absolute atomic E-state index is 0.121. The molecule has 0 bridgehead atoms. The van der Waals surface area contributed by atoms with E-state index in [1.54, 1.807) is 18.2 Å². The van der Waals surface area contributed by atoms with Crippen LogP contribution in [-0.4, -0.2) is 23.3 Å². The number of nitrogens with zero attached hydrogens (tertiary/aromatic N) is 1. The molecule has 27 heavy (non-hydrogen) atoms. The Morgan fingerprint density at radius 2 is 2.04 bits per heavy atom. The molecule has 1 aliphatic rings. The van der Waals surface area contributed by atoms with Gasteiger partial charge >= 0.3 is 0 Å². The molecule has 2 aromatic carbocycles. The molecular weight excluding hydrogens is 431 g/mol. The number of nitrogens with one attached hydrogen (secondary N) is 1. The molecule has 2 heterocycles. The predicted molar refractivity (Wildman–Crippen MR) is 106 cm³/mol. The van der Waals surface area contributed by atoms with Crippen molar-refractivity contribution in [2.24, 2.45) is 0 Å². The summed E-state index contributed by atoms with van der Waals surface area (Å²) in [5.41, 5.74) is 1.54. The van der Waals surface area contributed by atoms with E-state index < -0.39 is 11.9 Å². The van der Waals surface area contributed by atoms with Crippen molar-refractivity contribution in [1.82, 2.24) is 4.90 Å². The van der Waals surface area contributed by atoms with Gasteiger partial charge in [0.1, 0.15) is 12.4 Å². The van der Waals surface area contributed by atoms with Crippen molar-refractivity contribution in [3.05, 3.63) is 86.3 Å². The Hall–Kier alpha value is -2.51. The zero-order chi connectivity index (χ0) is 19.0. The first-order valence-electron chi connectivity index (χ1n) is 8.22. The summed E-state index contributed by atoms with van der Waals surface area (Å²) < 4.78 is 14.8. The van der Waals surface area contributed by atoms with E-state index in [-0.39, 0.29) is 18.4 Å². The number of hydrogen-bond acceptors (Lipinski definition) is 3. The number of carbonyl (C=O) groups excluding carboxylic acids is 2. The number of anilines is 1. The highest BCUT2D eigenvalue weighted by Crippen LogP contribution is 2.38. The van der Waals surface area contributed by atoms with Crippen molar-refractivity contribution in [3.8, 4) is 0 Å². The number of thiophene rings is 1. The van der Waals surface area contributed by atoms with Crippen LogP contribution in [0.3, 0.4) is 0 Å². The summed E-state index contributed by atoms with van der Waals surface area (Å²) >= 11 is 4.84. The summed E-state index contributed by atoms with van der Waals surface area (Å²) in [6, 6.07) is 14.4. The van der Waals surface area contributed by atoms with Crippen LogP contribution in [0.4, 0.5) is 10.1 Å². The van der Waals surface area contributed by atoms with E-state index in [1.165, 1.54) is 34.4 Å². The second-order valence-electron chi connectivity index (χ2n) is 6.14.